The molecule has 0 aliphatic rings. The standard InChI is InChI=1S/C12H10Br2/c13-7-9-1-3-11-4-2-10(8-14)6-12(11)5-9/h1-6H,7-8H2. The number of alkyl halides is 2. The molecule has 0 aliphatic carbocycles. The van der Waals surface area contributed by atoms with E-state index < -0.39 is 0 Å². The number of rotatable bonds is 2. The van der Waals surface area contributed by atoms with Crippen molar-refractivity contribution in [3.63, 3.8) is 0 Å². The van der Waals surface area contributed by atoms with Crippen molar-refractivity contribution in [3.05, 3.63) is 47.5 Å². The lowest BCUT2D eigenvalue weighted by Gasteiger charge is -2.02. The lowest BCUT2D eigenvalue weighted by molar-refractivity contribution is 1.43. The molecule has 0 amide bonds. The molecule has 72 valence electrons. The minimum atomic E-state index is 0.918. The van der Waals surface area contributed by atoms with Gasteiger partial charge in [0.05, 0.1) is 0 Å². The van der Waals surface area contributed by atoms with Crippen LogP contribution in [0.4, 0.5) is 0 Å². The summed E-state index contributed by atoms with van der Waals surface area (Å²) < 4.78 is 0. The summed E-state index contributed by atoms with van der Waals surface area (Å²) in [7, 11) is 0. The molecule has 2 aromatic carbocycles. The predicted molar refractivity (Wildman–Crippen MR) is 69.2 cm³/mol. The van der Waals surface area contributed by atoms with Crippen LogP contribution in [-0.2, 0) is 10.7 Å². The zero-order chi connectivity index (χ0) is 9.97. The first-order valence-corrected chi connectivity index (χ1v) is 6.71. The van der Waals surface area contributed by atoms with E-state index in [2.05, 4.69) is 68.3 Å². The Morgan fingerprint density at radius 2 is 1.21 bits per heavy atom. The quantitative estimate of drug-likeness (QED) is 0.709. The molecule has 0 atom stereocenters. The van der Waals surface area contributed by atoms with Crippen molar-refractivity contribution >= 4 is 42.6 Å². The average molecular weight is 314 g/mol. The molecule has 2 aromatic rings. The van der Waals surface area contributed by atoms with Gasteiger partial charge in [0.15, 0.2) is 0 Å². The van der Waals surface area contributed by atoms with Crippen LogP contribution in [0.1, 0.15) is 11.1 Å². The summed E-state index contributed by atoms with van der Waals surface area (Å²) in [4.78, 5) is 0. The molecule has 0 unspecified atom stereocenters. The normalized spacial score (nSPS) is 10.7. The fourth-order valence-corrected chi connectivity index (χ4v) is 2.21. The van der Waals surface area contributed by atoms with E-state index in [1.54, 1.807) is 0 Å². The molecule has 0 saturated heterocycles. The maximum atomic E-state index is 3.47. The number of hydrogen-bond acceptors (Lipinski definition) is 0. The summed E-state index contributed by atoms with van der Waals surface area (Å²) >= 11 is 6.94. The molecular weight excluding hydrogens is 304 g/mol. The molecule has 0 aromatic heterocycles. The molecule has 0 aliphatic heterocycles. The third kappa shape index (κ3) is 2.01. The van der Waals surface area contributed by atoms with Crippen molar-refractivity contribution in [2.45, 2.75) is 10.7 Å². The summed E-state index contributed by atoms with van der Waals surface area (Å²) in [5.41, 5.74) is 2.65. The van der Waals surface area contributed by atoms with E-state index >= 15 is 0 Å². The van der Waals surface area contributed by atoms with Gasteiger partial charge in [0.1, 0.15) is 0 Å². The smallest absolute Gasteiger partial charge is 0.0283 e. The van der Waals surface area contributed by atoms with Crippen LogP contribution in [0, 0.1) is 0 Å². The molecule has 2 rings (SSSR count). The van der Waals surface area contributed by atoms with Crippen LogP contribution in [0.3, 0.4) is 0 Å². The Morgan fingerprint density at radius 1 is 0.714 bits per heavy atom. The third-order valence-electron chi connectivity index (χ3n) is 2.28. The minimum absolute atomic E-state index is 0.918. The van der Waals surface area contributed by atoms with Gasteiger partial charge in [-0.3, -0.25) is 0 Å². The van der Waals surface area contributed by atoms with Crippen molar-refractivity contribution in [1.29, 1.82) is 0 Å². The number of fused-ring (bicyclic) bond motifs is 1. The third-order valence-corrected chi connectivity index (χ3v) is 3.57. The molecule has 0 nitrogen and oxygen atoms in total. The van der Waals surface area contributed by atoms with Gasteiger partial charge < -0.3 is 0 Å². The van der Waals surface area contributed by atoms with E-state index in [4.69, 9.17) is 0 Å². The monoisotopic (exact) mass is 312 g/mol. The van der Waals surface area contributed by atoms with Gasteiger partial charge in [0.25, 0.3) is 0 Å². The Labute approximate surface area is 101 Å². The lowest BCUT2D eigenvalue weighted by atomic mass is 10.1. The van der Waals surface area contributed by atoms with Crippen LogP contribution in [0.2, 0.25) is 0 Å². The van der Waals surface area contributed by atoms with E-state index in [1.807, 2.05) is 0 Å². The number of benzene rings is 2. The molecule has 0 bridgehead atoms. The summed E-state index contributed by atoms with van der Waals surface area (Å²) in [6.07, 6.45) is 0. The number of halogens is 2. The van der Waals surface area contributed by atoms with Gasteiger partial charge in [0.2, 0.25) is 0 Å². The van der Waals surface area contributed by atoms with Crippen LogP contribution in [-0.4, -0.2) is 0 Å². The first-order chi connectivity index (χ1) is 6.83. The highest BCUT2D eigenvalue weighted by Gasteiger charge is 1.97. The zero-order valence-corrected chi connectivity index (χ0v) is 10.8. The van der Waals surface area contributed by atoms with Gasteiger partial charge in [-0.05, 0) is 21.9 Å². The predicted octanol–water partition coefficient (Wildman–Crippen LogP) is 4.63. The Balaban J connectivity index is 2.60. The number of hydrogen-bond donors (Lipinski definition) is 0. The SMILES string of the molecule is BrCc1ccc2ccc(CBr)cc2c1. The van der Waals surface area contributed by atoms with E-state index in [-0.39, 0.29) is 0 Å². The molecule has 0 saturated carbocycles. The van der Waals surface area contributed by atoms with Crippen LogP contribution in [0.15, 0.2) is 36.4 Å². The fraction of sp³-hybridized carbons (Fsp3) is 0.167. The molecule has 0 radical (unpaired) electrons. The Morgan fingerprint density at radius 3 is 1.64 bits per heavy atom. The molecule has 0 spiro atoms. The Hall–Kier alpha value is -0.340. The molecule has 0 fully saturated rings. The van der Waals surface area contributed by atoms with Crippen molar-refractivity contribution < 1.29 is 0 Å². The molecule has 14 heavy (non-hydrogen) atoms. The zero-order valence-electron chi connectivity index (χ0n) is 7.63. The van der Waals surface area contributed by atoms with E-state index in [1.165, 1.54) is 21.9 Å². The van der Waals surface area contributed by atoms with Gasteiger partial charge in [-0.1, -0.05) is 68.3 Å². The van der Waals surface area contributed by atoms with Crippen molar-refractivity contribution in [2.24, 2.45) is 0 Å². The molecule has 2 heteroatoms. The summed E-state index contributed by atoms with van der Waals surface area (Å²) in [6.45, 7) is 0. The Kier molecular flexibility index (Phi) is 3.24. The summed E-state index contributed by atoms with van der Waals surface area (Å²) in [6, 6.07) is 13.1. The second-order valence-corrected chi connectivity index (χ2v) is 4.40. The maximum absolute atomic E-state index is 3.47. The second kappa shape index (κ2) is 4.45. The van der Waals surface area contributed by atoms with Crippen molar-refractivity contribution in [3.8, 4) is 0 Å². The van der Waals surface area contributed by atoms with Gasteiger partial charge in [-0.15, -0.1) is 0 Å². The second-order valence-electron chi connectivity index (χ2n) is 3.28. The highest BCUT2D eigenvalue weighted by atomic mass is 79.9. The van der Waals surface area contributed by atoms with Gasteiger partial charge in [0, 0.05) is 10.7 Å². The molecule has 0 N–H and O–H groups in total. The molecular formula is C12H10Br2. The lowest BCUT2D eigenvalue weighted by Crippen LogP contribution is -1.81. The largest absolute Gasteiger partial charge is 0.0876 e. The van der Waals surface area contributed by atoms with Crippen molar-refractivity contribution in [1.82, 2.24) is 0 Å². The first-order valence-electron chi connectivity index (χ1n) is 4.47. The topological polar surface area (TPSA) is 0 Å². The van der Waals surface area contributed by atoms with Crippen LogP contribution in [0.25, 0.3) is 10.8 Å². The first kappa shape index (κ1) is 10.2. The van der Waals surface area contributed by atoms with E-state index in [0.717, 1.165) is 10.7 Å². The minimum Gasteiger partial charge on any atom is -0.0876 e. The summed E-state index contributed by atoms with van der Waals surface area (Å²) in [5.74, 6) is 0. The average Bonchev–Trinajstić information content (AvgIpc) is 2.27. The van der Waals surface area contributed by atoms with Crippen LogP contribution >= 0.6 is 31.9 Å². The van der Waals surface area contributed by atoms with Crippen LogP contribution in [0.5, 0.6) is 0 Å². The van der Waals surface area contributed by atoms with Crippen LogP contribution < -0.4 is 0 Å². The Bertz CT molecular complexity index is 410. The maximum Gasteiger partial charge on any atom is 0.0283 e. The van der Waals surface area contributed by atoms with E-state index in [0.29, 0.717) is 0 Å². The highest BCUT2D eigenvalue weighted by Crippen LogP contribution is 2.20. The summed E-state index contributed by atoms with van der Waals surface area (Å²) in [5, 5.41) is 4.46. The van der Waals surface area contributed by atoms with Gasteiger partial charge in [-0.25, -0.2) is 0 Å². The van der Waals surface area contributed by atoms with Gasteiger partial charge in [-0.2, -0.15) is 0 Å². The van der Waals surface area contributed by atoms with Gasteiger partial charge >= 0.3 is 0 Å². The highest BCUT2D eigenvalue weighted by molar-refractivity contribution is 9.08. The fourth-order valence-electron chi connectivity index (χ4n) is 1.51. The van der Waals surface area contributed by atoms with Crippen molar-refractivity contribution in [2.75, 3.05) is 0 Å². The molecule has 0 heterocycles. The van der Waals surface area contributed by atoms with E-state index in [9.17, 15) is 0 Å².